The zero-order chi connectivity index (χ0) is 11.4. The first-order valence-electron chi connectivity index (χ1n) is 4.87. The molecule has 0 aliphatic carbocycles. The summed E-state index contributed by atoms with van der Waals surface area (Å²) in [6.07, 6.45) is 1.24. The van der Waals surface area contributed by atoms with E-state index in [1.807, 2.05) is 6.92 Å². The van der Waals surface area contributed by atoms with Gasteiger partial charge in [0.05, 0.1) is 7.11 Å². The van der Waals surface area contributed by atoms with Crippen molar-refractivity contribution in [2.45, 2.75) is 26.2 Å². The molecule has 82 valence electrons. The SMILES string of the molecule is COc1cc(C(C)CC=O)cc(F)c1C. The minimum atomic E-state index is -0.290. The van der Waals surface area contributed by atoms with Crippen LogP contribution < -0.4 is 4.74 Å². The molecule has 0 fully saturated rings. The van der Waals surface area contributed by atoms with Crippen LogP contribution in [0.2, 0.25) is 0 Å². The second-order valence-corrected chi connectivity index (χ2v) is 3.63. The van der Waals surface area contributed by atoms with Crippen molar-refractivity contribution in [2.24, 2.45) is 0 Å². The van der Waals surface area contributed by atoms with E-state index in [0.717, 1.165) is 11.8 Å². The number of ether oxygens (including phenoxy) is 1. The van der Waals surface area contributed by atoms with Crippen molar-refractivity contribution in [1.82, 2.24) is 0 Å². The lowest BCUT2D eigenvalue weighted by atomic mass is 9.97. The summed E-state index contributed by atoms with van der Waals surface area (Å²) < 4.78 is 18.5. The van der Waals surface area contributed by atoms with E-state index in [-0.39, 0.29) is 11.7 Å². The maximum Gasteiger partial charge on any atom is 0.130 e. The highest BCUT2D eigenvalue weighted by Gasteiger charge is 2.11. The Balaban J connectivity index is 3.10. The standard InChI is InChI=1S/C12H15FO2/c1-8(4-5-14)10-6-11(13)9(2)12(7-10)15-3/h5-8H,4H2,1-3H3. The van der Waals surface area contributed by atoms with Crippen LogP contribution in [0.5, 0.6) is 5.75 Å². The average molecular weight is 210 g/mol. The first kappa shape index (κ1) is 11.7. The van der Waals surface area contributed by atoms with Crippen LogP contribution in [0.1, 0.15) is 30.4 Å². The summed E-state index contributed by atoms with van der Waals surface area (Å²) in [6, 6.07) is 3.25. The number of benzene rings is 1. The van der Waals surface area contributed by atoms with E-state index in [1.165, 1.54) is 13.2 Å². The van der Waals surface area contributed by atoms with Gasteiger partial charge in [-0.25, -0.2) is 4.39 Å². The van der Waals surface area contributed by atoms with Crippen molar-refractivity contribution in [1.29, 1.82) is 0 Å². The van der Waals surface area contributed by atoms with Gasteiger partial charge in [0.2, 0.25) is 0 Å². The first-order chi connectivity index (χ1) is 7.10. The minimum absolute atomic E-state index is 0.0199. The van der Waals surface area contributed by atoms with Crippen LogP contribution in [0.3, 0.4) is 0 Å². The number of halogens is 1. The van der Waals surface area contributed by atoms with Crippen LogP contribution in [-0.4, -0.2) is 13.4 Å². The van der Waals surface area contributed by atoms with Gasteiger partial charge in [-0.3, -0.25) is 0 Å². The lowest BCUT2D eigenvalue weighted by Gasteiger charge is -2.12. The Labute approximate surface area is 89.1 Å². The highest BCUT2D eigenvalue weighted by molar-refractivity contribution is 5.52. The van der Waals surface area contributed by atoms with Gasteiger partial charge in [-0.05, 0) is 30.5 Å². The van der Waals surface area contributed by atoms with Gasteiger partial charge in [0.1, 0.15) is 17.9 Å². The number of hydrogen-bond acceptors (Lipinski definition) is 2. The lowest BCUT2D eigenvalue weighted by Crippen LogP contribution is -1.99. The molecule has 0 aliphatic heterocycles. The van der Waals surface area contributed by atoms with Gasteiger partial charge in [-0.15, -0.1) is 0 Å². The topological polar surface area (TPSA) is 26.3 Å². The number of aldehydes is 1. The number of methoxy groups -OCH3 is 1. The molecule has 0 amide bonds. The van der Waals surface area contributed by atoms with Crippen molar-refractivity contribution in [3.05, 3.63) is 29.1 Å². The molecular weight excluding hydrogens is 195 g/mol. The van der Waals surface area contributed by atoms with Crippen molar-refractivity contribution in [3.63, 3.8) is 0 Å². The van der Waals surface area contributed by atoms with Gasteiger partial charge in [-0.2, -0.15) is 0 Å². The zero-order valence-corrected chi connectivity index (χ0v) is 9.21. The molecule has 3 heteroatoms. The molecule has 1 aromatic rings. The van der Waals surface area contributed by atoms with Crippen LogP contribution in [0.25, 0.3) is 0 Å². The Kier molecular flexibility index (Phi) is 3.83. The quantitative estimate of drug-likeness (QED) is 0.714. The third-order valence-corrected chi connectivity index (χ3v) is 2.56. The number of carbonyl (C=O) groups is 1. The van der Waals surface area contributed by atoms with E-state index in [1.54, 1.807) is 13.0 Å². The predicted octanol–water partition coefficient (Wildman–Crippen LogP) is 2.84. The third-order valence-electron chi connectivity index (χ3n) is 2.56. The van der Waals surface area contributed by atoms with E-state index in [4.69, 9.17) is 4.74 Å². The highest BCUT2D eigenvalue weighted by Crippen LogP contribution is 2.27. The molecular formula is C12H15FO2. The molecule has 1 aromatic carbocycles. The van der Waals surface area contributed by atoms with Crippen LogP contribution >= 0.6 is 0 Å². The van der Waals surface area contributed by atoms with Crippen molar-refractivity contribution in [2.75, 3.05) is 7.11 Å². The van der Waals surface area contributed by atoms with Crippen LogP contribution in [0, 0.1) is 12.7 Å². The minimum Gasteiger partial charge on any atom is -0.496 e. The van der Waals surface area contributed by atoms with E-state index < -0.39 is 0 Å². The number of hydrogen-bond donors (Lipinski definition) is 0. The van der Waals surface area contributed by atoms with E-state index in [0.29, 0.717) is 17.7 Å². The van der Waals surface area contributed by atoms with E-state index >= 15 is 0 Å². The monoisotopic (exact) mass is 210 g/mol. The summed E-state index contributed by atoms with van der Waals surface area (Å²) in [6.45, 7) is 3.56. The molecule has 0 aliphatic rings. The van der Waals surface area contributed by atoms with Crippen LogP contribution in [0.15, 0.2) is 12.1 Å². The van der Waals surface area contributed by atoms with Crippen LogP contribution in [-0.2, 0) is 4.79 Å². The number of rotatable bonds is 4. The molecule has 1 unspecified atom stereocenters. The van der Waals surface area contributed by atoms with Gasteiger partial charge in [0.25, 0.3) is 0 Å². The summed E-state index contributed by atoms with van der Waals surface area (Å²) >= 11 is 0. The zero-order valence-electron chi connectivity index (χ0n) is 9.21. The molecule has 1 atom stereocenters. The van der Waals surface area contributed by atoms with E-state index in [9.17, 15) is 9.18 Å². The van der Waals surface area contributed by atoms with Gasteiger partial charge >= 0.3 is 0 Å². The molecule has 0 heterocycles. The van der Waals surface area contributed by atoms with E-state index in [2.05, 4.69) is 0 Å². The Bertz CT molecular complexity index is 361. The normalized spacial score (nSPS) is 12.3. The molecule has 0 aromatic heterocycles. The first-order valence-corrected chi connectivity index (χ1v) is 4.87. The maximum absolute atomic E-state index is 13.5. The fourth-order valence-electron chi connectivity index (χ4n) is 1.45. The molecule has 1 rings (SSSR count). The largest absolute Gasteiger partial charge is 0.496 e. The third kappa shape index (κ3) is 2.55. The van der Waals surface area contributed by atoms with Gasteiger partial charge < -0.3 is 9.53 Å². The van der Waals surface area contributed by atoms with Gasteiger partial charge in [0, 0.05) is 12.0 Å². The number of carbonyl (C=O) groups excluding carboxylic acids is 1. The fourth-order valence-corrected chi connectivity index (χ4v) is 1.45. The summed E-state index contributed by atoms with van der Waals surface area (Å²) in [5.74, 6) is 0.261. The fraction of sp³-hybridized carbons (Fsp3) is 0.417. The Morgan fingerprint density at radius 1 is 1.53 bits per heavy atom. The maximum atomic E-state index is 13.5. The molecule has 0 saturated heterocycles. The average Bonchev–Trinajstić information content (AvgIpc) is 2.22. The Hall–Kier alpha value is -1.38. The summed E-state index contributed by atoms with van der Waals surface area (Å²) in [5.41, 5.74) is 1.29. The highest BCUT2D eigenvalue weighted by atomic mass is 19.1. The molecule has 2 nitrogen and oxygen atoms in total. The Morgan fingerprint density at radius 3 is 2.73 bits per heavy atom. The second-order valence-electron chi connectivity index (χ2n) is 3.63. The molecule has 0 radical (unpaired) electrons. The Morgan fingerprint density at radius 2 is 2.20 bits per heavy atom. The molecule has 0 spiro atoms. The summed E-state index contributed by atoms with van der Waals surface area (Å²) in [4.78, 5) is 10.4. The van der Waals surface area contributed by atoms with Crippen LogP contribution in [0.4, 0.5) is 4.39 Å². The van der Waals surface area contributed by atoms with Crippen molar-refractivity contribution >= 4 is 6.29 Å². The molecule has 0 N–H and O–H groups in total. The lowest BCUT2D eigenvalue weighted by molar-refractivity contribution is -0.108. The molecule has 0 saturated carbocycles. The predicted molar refractivity (Wildman–Crippen MR) is 56.8 cm³/mol. The smallest absolute Gasteiger partial charge is 0.130 e. The van der Waals surface area contributed by atoms with Gasteiger partial charge in [-0.1, -0.05) is 6.92 Å². The summed E-state index contributed by atoms with van der Waals surface area (Å²) in [7, 11) is 1.51. The van der Waals surface area contributed by atoms with Gasteiger partial charge in [0.15, 0.2) is 0 Å². The molecule has 0 bridgehead atoms. The van der Waals surface area contributed by atoms with Crippen molar-refractivity contribution in [3.8, 4) is 5.75 Å². The summed E-state index contributed by atoms with van der Waals surface area (Å²) in [5, 5.41) is 0. The second kappa shape index (κ2) is 4.91. The van der Waals surface area contributed by atoms with Crippen molar-refractivity contribution < 1.29 is 13.9 Å². The molecule has 15 heavy (non-hydrogen) atoms.